The van der Waals surface area contributed by atoms with Gasteiger partial charge in [0.1, 0.15) is 0 Å². The topological polar surface area (TPSA) is 52.0 Å². The number of benzene rings is 2. The Hall–Kier alpha value is -2.24. The van der Waals surface area contributed by atoms with Crippen LogP contribution in [0, 0.1) is 0 Å². The van der Waals surface area contributed by atoms with Crippen molar-refractivity contribution >= 4 is 28.7 Å². The van der Waals surface area contributed by atoms with Crippen LogP contribution >= 0.6 is 22.9 Å². The Morgan fingerprint density at radius 2 is 1.71 bits per heavy atom. The van der Waals surface area contributed by atoms with Gasteiger partial charge >= 0.3 is 4.87 Å². The molecule has 0 aliphatic heterocycles. The Morgan fingerprint density at radius 1 is 1.05 bits per heavy atom. The van der Waals surface area contributed by atoms with E-state index in [1.807, 2.05) is 6.07 Å². The second kappa shape index (κ2) is 5.63. The number of nitrogens with zero attached hydrogens (tertiary/aromatic N) is 2. The van der Waals surface area contributed by atoms with Gasteiger partial charge in [-0.15, -0.1) is 5.10 Å². The van der Waals surface area contributed by atoms with E-state index in [0.29, 0.717) is 16.3 Å². The molecule has 0 unspecified atom stereocenters. The highest BCUT2D eigenvalue weighted by Gasteiger charge is 2.16. The van der Waals surface area contributed by atoms with E-state index in [0.717, 1.165) is 11.3 Å². The van der Waals surface area contributed by atoms with Crippen molar-refractivity contribution in [1.29, 1.82) is 0 Å². The summed E-state index contributed by atoms with van der Waals surface area (Å²) in [6.07, 6.45) is 0. The summed E-state index contributed by atoms with van der Waals surface area (Å²) in [6, 6.07) is 15.5. The largest absolute Gasteiger partial charge is 0.330 e. The van der Waals surface area contributed by atoms with E-state index >= 15 is 0 Å². The lowest BCUT2D eigenvalue weighted by molar-refractivity contribution is 0.103. The minimum Gasteiger partial charge on any atom is -0.286 e. The molecule has 0 saturated carbocycles. The predicted molar refractivity (Wildman–Crippen MR) is 82.6 cm³/mol. The molecule has 0 aliphatic rings. The second-order valence-corrected chi connectivity index (χ2v) is 5.63. The maximum atomic E-state index is 12.3. The smallest absolute Gasteiger partial charge is 0.286 e. The van der Waals surface area contributed by atoms with E-state index in [1.54, 1.807) is 48.5 Å². The van der Waals surface area contributed by atoms with Crippen LogP contribution in [-0.4, -0.2) is 15.6 Å². The Kier molecular flexibility index (Phi) is 3.68. The van der Waals surface area contributed by atoms with Crippen molar-refractivity contribution in [2.75, 3.05) is 0 Å². The van der Waals surface area contributed by atoms with Crippen LogP contribution in [0.2, 0.25) is 5.02 Å². The zero-order valence-corrected chi connectivity index (χ0v) is 12.3. The summed E-state index contributed by atoms with van der Waals surface area (Å²) in [5.74, 6) is -0.259. The van der Waals surface area contributed by atoms with Gasteiger partial charge < -0.3 is 0 Å². The minimum absolute atomic E-state index is 0.168. The Balaban J connectivity index is 2.00. The van der Waals surface area contributed by atoms with Gasteiger partial charge in [-0.2, -0.15) is 4.68 Å². The van der Waals surface area contributed by atoms with Crippen molar-refractivity contribution < 1.29 is 4.79 Å². The molecule has 1 aromatic heterocycles. The number of halogens is 1. The van der Waals surface area contributed by atoms with Gasteiger partial charge in [-0.3, -0.25) is 9.59 Å². The molecule has 4 nitrogen and oxygen atoms in total. The fourth-order valence-corrected chi connectivity index (χ4v) is 2.69. The van der Waals surface area contributed by atoms with Crippen molar-refractivity contribution in [3.05, 3.63) is 79.9 Å². The van der Waals surface area contributed by atoms with Crippen LogP contribution in [0.3, 0.4) is 0 Å². The average molecular weight is 317 g/mol. The van der Waals surface area contributed by atoms with Crippen LogP contribution in [-0.2, 0) is 0 Å². The molecule has 0 amide bonds. The number of carbonyl (C=O) groups is 1. The van der Waals surface area contributed by atoms with Crippen LogP contribution < -0.4 is 4.87 Å². The first kappa shape index (κ1) is 13.7. The summed E-state index contributed by atoms with van der Waals surface area (Å²) in [7, 11) is 0. The van der Waals surface area contributed by atoms with Crippen molar-refractivity contribution in [2.45, 2.75) is 0 Å². The Bertz CT molecular complexity index is 838. The van der Waals surface area contributed by atoms with Gasteiger partial charge in [-0.1, -0.05) is 41.9 Å². The van der Waals surface area contributed by atoms with Crippen LogP contribution in [0.4, 0.5) is 0 Å². The molecule has 0 N–H and O–H groups in total. The summed E-state index contributed by atoms with van der Waals surface area (Å²) < 4.78 is 1.21. The average Bonchev–Trinajstić information content (AvgIpc) is 2.90. The van der Waals surface area contributed by atoms with Gasteiger partial charge in [0.2, 0.25) is 5.78 Å². The minimum atomic E-state index is -0.309. The van der Waals surface area contributed by atoms with Crippen LogP contribution in [0.25, 0.3) is 5.69 Å². The van der Waals surface area contributed by atoms with E-state index in [9.17, 15) is 9.59 Å². The third-order valence-electron chi connectivity index (χ3n) is 2.85. The molecule has 0 saturated heterocycles. The molecule has 1 heterocycles. The first-order chi connectivity index (χ1) is 10.1. The molecule has 2 aromatic carbocycles. The first-order valence-corrected chi connectivity index (χ1v) is 7.30. The maximum Gasteiger partial charge on any atom is 0.330 e. The third-order valence-corrected chi connectivity index (χ3v) is 3.91. The van der Waals surface area contributed by atoms with E-state index in [2.05, 4.69) is 5.10 Å². The van der Waals surface area contributed by atoms with Gasteiger partial charge in [0, 0.05) is 10.6 Å². The molecule has 3 rings (SSSR count). The van der Waals surface area contributed by atoms with Gasteiger partial charge in [0.15, 0.2) is 5.01 Å². The van der Waals surface area contributed by atoms with Gasteiger partial charge in [0.25, 0.3) is 0 Å². The van der Waals surface area contributed by atoms with E-state index < -0.39 is 0 Å². The summed E-state index contributed by atoms with van der Waals surface area (Å²) >= 11 is 6.65. The first-order valence-electron chi connectivity index (χ1n) is 6.11. The Morgan fingerprint density at radius 3 is 2.38 bits per heavy atom. The van der Waals surface area contributed by atoms with Gasteiger partial charge in [0.05, 0.1) is 5.69 Å². The maximum absolute atomic E-state index is 12.3. The van der Waals surface area contributed by atoms with Crippen molar-refractivity contribution in [3.8, 4) is 5.69 Å². The summed E-state index contributed by atoms with van der Waals surface area (Å²) in [4.78, 5) is 24.0. The van der Waals surface area contributed by atoms with Gasteiger partial charge in [-0.05, 0) is 35.6 Å². The fraction of sp³-hybridized carbons (Fsp3) is 0. The molecular formula is C15H9ClN2O2S. The molecule has 21 heavy (non-hydrogen) atoms. The lowest BCUT2D eigenvalue weighted by Gasteiger charge is -1.99. The van der Waals surface area contributed by atoms with Crippen LogP contribution in [0.5, 0.6) is 0 Å². The number of ketones is 1. The zero-order chi connectivity index (χ0) is 14.8. The summed E-state index contributed by atoms with van der Waals surface area (Å²) in [6.45, 7) is 0. The van der Waals surface area contributed by atoms with E-state index in [1.165, 1.54) is 4.68 Å². The molecule has 3 aromatic rings. The lowest BCUT2D eigenvalue weighted by Crippen LogP contribution is -2.12. The monoisotopic (exact) mass is 316 g/mol. The second-order valence-electron chi connectivity index (χ2n) is 4.26. The SMILES string of the molecule is O=C(c1ccccc1)c1nn(-c2ccc(Cl)cc2)c(=O)s1. The third kappa shape index (κ3) is 2.79. The quantitative estimate of drug-likeness (QED) is 0.697. The highest BCUT2D eigenvalue weighted by Crippen LogP contribution is 2.14. The molecule has 104 valence electrons. The highest BCUT2D eigenvalue weighted by molar-refractivity contribution is 7.11. The molecule has 0 bridgehead atoms. The number of rotatable bonds is 3. The van der Waals surface area contributed by atoms with E-state index in [4.69, 9.17) is 11.6 Å². The predicted octanol–water partition coefficient (Wildman–Crippen LogP) is 3.18. The van der Waals surface area contributed by atoms with Gasteiger partial charge in [-0.25, -0.2) is 0 Å². The lowest BCUT2D eigenvalue weighted by atomic mass is 10.1. The molecular weight excluding hydrogens is 308 g/mol. The molecule has 0 fully saturated rings. The number of aromatic nitrogens is 2. The van der Waals surface area contributed by atoms with Crippen molar-refractivity contribution in [1.82, 2.24) is 9.78 Å². The summed E-state index contributed by atoms with van der Waals surface area (Å²) in [5, 5.41) is 4.86. The standard InChI is InChI=1S/C15H9ClN2O2S/c16-11-6-8-12(9-7-11)18-15(20)21-14(17-18)13(19)10-4-2-1-3-5-10/h1-9H. The molecule has 6 heteroatoms. The normalized spacial score (nSPS) is 10.5. The number of hydrogen-bond donors (Lipinski definition) is 0. The summed E-state index contributed by atoms with van der Waals surface area (Å²) in [5.41, 5.74) is 1.09. The van der Waals surface area contributed by atoms with Crippen molar-refractivity contribution in [3.63, 3.8) is 0 Å². The fourth-order valence-electron chi connectivity index (χ4n) is 1.83. The van der Waals surface area contributed by atoms with Crippen LogP contribution in [0.1, 0.15) is 15.4 Å². The molecule has 0 spiro atoms. The Labute approximate surface area is 129 Å². The zero-order valence-electron chi connectivity index (χ0n) is 10.7. The molecule has 0 radical (unpaired) electrons. The highest BCUT2D eigenvalue weighted by atomic mass is 35.5. The number of hydrogen-bond acceptors (Lipinski definition) is 4. The number of carbonyl (C=O) groups excluding carboxylic acids is 1. The van der Waals surface area contributed by atoms with Crippen molar-refractivity contribution in [2.24, 2.45) is 0 Å². The molecule has 0 aliphatic carbocycles. The van der Waals surface area contributed by atoms with Crippen LogP contribution in [0.15, 0.2) is 59.4 Å². The molecule has 0 atom stereocenters. The van der Waals surface area contributed by atoms with E-state index in [-0.39, 0.29) is 15.7 Å².